The molecule has 5 nitrogen and oxygen atoms in total. The molecule has 1 heterocycles. The first-order chi connectivity index (χ1) is 12.8. The number of para-hydroxylation sites is 1. The van der Waals surface area contributed by atoms with E-state index >= 15 is 0 Å². The van der Waals surface area contributed by atoms with Crippen molar-refractivity contribution < 1.29 is 4.79 Å². The van der Waals surface area contributed by atoms with E-state index in [9.17, 15) is 4.79 Å². The third-order valence-electron chi connectivity index (χ3n) is 4.50. The molecule has 146 valence electrons. The molecular weight excluding hydrogens is 336 g/mol. The molecule has 2 N–H and O–H groups in total. The van der Waals surface area contributed by atoms with Gasteiger partial charge in [0.2, 0.25) is 0 Å². The summed E-state index contributed by atoms with van der Waals surface area (Å²) in [4.78, 5) is 19.2. The van der Waals surface area contributed by atoms with Crippen LogP contribution in [0.5, 0.6) is 0 Å². The van der Waals surface area contributed by atoms with Gasteiger partial charge >= 0.3 is 0 Å². The van der Waals surface area contributed by atoms with Crippen LogP contribution in [0, 0.1) is 0 Å². The Morgan fingerprint density at radius 1 is 1.04 bits per heavy atom. The topological polar surface area (TPSA) is 57.3 Å². The van der Waals surface area contributed by atoms with E-state index < -0.39 is 0 Å². The van der Waals surface area contributed by atoms with Gasteiger partial charge in [-0.15, -0.1) is 0 Å². The number of likely N-dealkylation sites (N-methyl/N-ethyl adjacent to an activating group) is 1. The van der Waals surface area contributed by atoms with Gasteiger partial charge in [0.05, 0.1) is 11.9 Å². The van der Waals surface area contributed by atoms with Crippen LogP contribution in [-0.2, 0) is 0 Å². The van der Waals surface area contributed by atoms with Crippen LogP contribution in [0.15, 0.2) is 36.5 Å². The smallest absolute Gasteiger partial charge is 0.274 e. The maximum absolute atomic E-state index is 12.8. The monoisotopic (exact) mass is 368 g/mol. The fourth-order valence-corrected chi connectivity index (χ4v) is 2.93. The minimum Gasteiger partial charge on any atom is -0.383 e. The number of hydrogen-bond acceptors (Lipinski definition) is 4. The Hall–Kier alpha value is -2.40. The van der Waals surface area contributed by atoms with Crippen molar-refractivity contribution in [1.82, 2.24) is 9.88 Å². The maximum Gasteiger partial charge on any atom is 0.274 e. The Morgan fingerprint density at radius 3 is 2.15 bits per heavy atom. The van der Waals surface area contributed by atoms with Crippen LogP contribution >= 0.6 is 0 Å². The number of nitrogens with one attached hydrogen (secondary N) is 2. The molecule has 0 unspecified atom stereocenters. The zero-order valence-electron chi connectivity index (χ0n) is 17.3. The van der Waals surface area contributed by atoms with Crippen molar-refractivity contribution in [2.24, 2.45) is 0 Å². The second-order valence-corrected chi connectivity index (χ2v) is 7.74. The molecule has 0 aliphatic rings. The average molecular weight is 369 g/mol. The van der Waals surface area contributed by atoms with Gasteiger partial charge in [0.1, 0.15) is 5.69 Å². The van der Waals surface area contributed by atoms with Crippen LogP contribution in [0.1, 0.15) is 61.1 Å². The highest BCUT2D eigenvalue weighted by Gasteiger charge is 2.17. The third-order valence-corrected chi connectivity index (χ3v) is 4.50. The number of aromatic nitrogens is 1. The molecule has 0 atom stereocenters. The number of amides is 1. The number of carbonyl (C=O) groups is 1. The highest BCUT2D eigenvalue weighted by molar-refractivity contribution is 6.04. The van der Waals surface area contributed by atoms with Crippen molar-refractivity contribution >= 4 is 17.3 Å². The molecule has 0 saturated heterocycles. The van der Waals surface area contributed by atoms with Crippen molar-refractivity contribution in [3.8, 4) is 0 Å². The van der Waals surface area contributed by atoms with Crippen molar-refractivity contribution in [2.45, 2.75) is 39.5 Å². The van der Waals surface area contributed by atoms with Gasteiger partial charge in [0.25, 0.3) is 5.91 Å². The van der Waals surface area contributed by atoms with E-state index in [1.165, 1.54) is 0 Å². The number of nitrogens with zero attached hydrogens (tertiary/aromatic N) is 2. The van der Waals surface area contributed by atoms with Crippen LogP contribution in [0.25, 0.3) is 0 Å². The highest BCUT2D eigenvalue weighted by Crippen LogP contribution is 2.32. The quantitative estimate of drug-likeness (QED) is 0.717. The van der Waals surface area contributed by atoms with Gasteiger partial charge in [-0.3, -0.25) is 4.79 Å². The van der Waals surface area contributed by atoms with Gasteiger partial charge in [-0.2, -0.15) is 0 Å². The summed E-state index contributed by atoms with van der Waals surface area (Å²) in [5.41, 5.74) is 4.55. The molecule has 27 heavy (non-hydrogen) atoms. The molecule has 0 saturated carbocycles. The van der Waals surface area contributed by atoms with Crippen LogP contribution in [-0.4, -0.2) is 43.0 Å². The minimum absolute atomic E-state index is 0.176. The molecule has 1 aromatic carbocycles. The standard InChI is InChI=1S/C22H32N4O/c1-15(2)18-8-7-9-19(16(3)4)21(18)25-22(27)20-11-10-17(14-24-20)23-12-13-26(5)6/h7-11,14-16,23H,12-13H2,1-6H3,(H,25,27). The van der Waals surface area contributed by atoms with Gasteiger partial charge < -0.3 is 15.5 Å². The summed E-state index contributed by atoms with van der Waals surface area (Å²) >= 11 is 0. The van der Waals surface area contributed by atoms with Crippen LogP contribution in [0.2, 0.25) is 0 Å². The van der Waals surface area contributed by atoms with Gasteiger partial charge in [-0.05, 0) is 49.2 Å². The average Bonchev–Trinajstić information content (AvgIpc) is 2.61. The predicted molar refractivity (Wildman–Crippen MR) is 114 cm³/mol. The summed E-state index contributed by atoms with van der Waals surface area (Å²) in [6.45, 7) is 10.3. The Bertz CT molecular complexity index is 725. The Kier molecular flexibility index (Phi) is 7.36. The lowest BCUT2D eigenvalue weighted by atomic mass is 9.92. The van der Waals surface area contributed by atoms with E-state index in [0.717, 1.165) is 35.6 Å². The summed E-state index contributed by atoms with van der Waals surface area (Å²) in [5, 5.41) is 6.41. The van der Waals surface area contributed by atoms with Gasteiger partial charge in [-0.1, -0.05) is 45.9 Å². The van der Waals surface area contributed by atoms with Crippen molar-refractivity contribution in [3.05, 3.63) is 53.3 Å². The number of benzene rings is 1. The normalized spacial score (nSPS) is 11.3. The number of pyridine rings is 1. The molecule has 0 radical (unpaired) electrons. The summed E-state index contributed by atoms with van der Waals surface area (Å²) in [6, 6.07) is 9.89. The summed E-state index contributed by atoms with van der Waals surface area (Å²) in [6.07, 6.45) is 1.71. The van der Waals surface area contributed by atoms with Crippen molar-refractivity contribution in [3.63, 3.8) is 0 Å². The number of anilines is 2. The first-order valence-electron chi connectivity index (χ1n) is 9.58. The largest absolute Gasteiger partial charge is 0.383 e. The molecule has 0 spiro atoms. The predicted octanol–water partition coefficient (Wildman–Crippen LogP) is 4.55. The first kappa shape index (κ1) is 20.9. The van der Waals surface area contributed by atoms with Crippen molar-refractivity contribution in [2.75, 3.05) is 37.8 Å². The van der Waals surface area contributed by atoms with E-state index in [1.54, 1.807) is 12.3 Å². The van der Waals surface area contributed by atoms with E-state index in [2.05, 4.69) is 66.4 Å². The lowest BCUT2D eigenvalue weighted by Gasteiger charge is -2.20. The molecule has 0 bridgehead atoms. The SMILES string of the molecule is CC(C)c1cccc(C(C)C)c1NC(=O)c1ccc(NCCN(C)C)cn1. The van der Waals surface area contributed by atoms with Crippen LogP contribution < -0.4 is 10.6 Å². The number of carbonyl (C=O) groups excluding carboxylic acids is 1. The van der Waals surface area contributed by atoms with Gasteiger partial charge in [0, 0.05) is 18.8 Å². The zero-order chi connectivity index (χ0) is 20.0. The van der Waals surface area contributed by atoms with Crippen molar-refractivity contribution in [1.29, 1.82) is 0 Å². The molecule has 0 aliphatic heterocycles. The molecule has 1 amide bonds. The Balaban J connectivity index is 2.15. The first-order valence-corrected chi connectivity index (χ1v) is 9.58. The minimum atomic E-state index is -0.176. The molecule has 5 heteroatoms. The Labute approximate surface area is 163 Å². The molecular formula is C22H32N4O. The maximum atomic E-state index is 12.8. The van der Waals surface area contributed by atoms with E-state index in [0.29, 0.717) is 17.5 Å². The molecule has 2 aromatic rings. The van der Waals surface area contributed by atoms with Crippen LogP contribution in [0.4, 0.5) is 11.4 Å². The molecule has 2 rings (SSSR count). The second-order valence-electron chi connectivity index (χ2n) is 7.74. The molecule has 1 aromatic heterocycles. The summed E-state index contributed by atoms with van der Waals surface area (Å²) in [5.74, 6) is 0.482. The summed E-state index contributed by atoms with van der Waals surface area (Å²) < 4.78 is 0. The van der Waals surface area contributed by atoms with E-state index in [-0.39, 0.29) is 5.91 Å². The number of rotatable bonds is 8. The van der Waals surface area contributed by atoms with Gasteiger partial charge in [-0.25, -0.2) is 4.98 Å². The number of hydrogen-bond donors (Lipinski definition) is 2. The third kappa shape index (κ3) is 5.79. The van der Waals surface area contributed by atoms with E-state index in [1.807, 2.05) is 20.2 Å². The molecule has 0 fully saturated rings. The second kappa shape index (κ2) is 9.51. The fraction of sp³-hybridized carbons (Fsp3) is 0.455. The Morgan fingerprint density at radius 2 is 1.67 bits per heavy atom. The summed E-state index contributed by atoms with van der Waals surface area (Å²) in [7, 11) is 4.07. The molecule has 0 aliphatic carbocycles. The fourth-order valence-electron chi connectivity index (χ4n) is 2.93. The van der Waals surface area contributed by atoms with E-state index in [4.69, 9.17) is 0 Å². The highest BCUT2D eigenvalue weighted by atomic mass is 16.1. The van der Waals surface area contributed by atoms with Gasteiger partial charge in [0.15, 0.2) is 0 Å². The zero-order valence-corrected chi connectivity index (χ0v) is 17.3. The lowest BCUT2D eigenvalue weighted by molar-refractivity contribution is 0.102. The lowest BCUT2D eigenvalue weighted by Crippen LogP contribution is -2.21. The van der Waals surface area contributed by atoms with Crippen LogP contribution in [0.3, 0.4) is 0 Å².